The van der Waals surface area contributed by atoms with Crippen molar-refractivity contribution in [3.05, 3.63) is 40.3 Å². The van der Waals surface area contributed by atoms with Crippen molar-refractivity contribution in [2.75, 3.05) is 6.61 Å². The summed E-state index contributed by atoms with van der Waals surface area (Å²) in [6.45, 7) is 11.8. The van der Waals surface area contributed by atoms with Gasteiger partial charge in [0.2, 0.25) is 0 Å². The molecule has 0 radical (unpaired) electrons. The zero-order valence-electron chi connectivity index (χ0n) is 19.5. The van der Waals surface area contributed by atoms with Crippen molar-refractivity contribution in [3.8, 4) is 6.07 Å². The Labute approximate surface area is 189 Å². The van der Waals surface area contributed by atoms with Gasteiger partial charge >= 0.3 is 6.09 Å². The number of nitrogens with two attached hydrogens (primary N) is 1. The van der Waals surface area contributed by atoms with E-state index in [-0.39, 0.29) is 5.56 Å². The lowest BCUT2D eigenvalue weighted by atomic mass is 9.88. The van der Waals surface area contributed by atoms with Gasteiger partial charge in [-0.05, 0) is 62.4 Å². The molecule has 0 saturated carbocycles. The summed E-state index contributed by atoms with van der Waals surface area (Å²) < 4.78 is 28.4. The van der Waals surface area contributed by atoms with Crippen molar-refractivity contribution >= 4 is 30.6 Å². The van der Waals surface area contributed by atoms with Crippen LogP contribution in [0, 0.1) is 31.0 Å². The first-order chi connectivity index (χ1) is 15.0. The monoisotopic (exact) mass is 457 g/mol. The lowest BCUT2D eigenvalue weighted by molar-refractivity contribution is 0.0889. The van der Waals surface area contributed by atoms with E-state index >= 15 is 4.39 Å². The third-order valence-corrected chi connectivity index (χ3v) is 7.80. The van der Waals surface area contributed by atoms with E-state index in [4.69, 9.17) is 15.2 Å². The number of ether oxygens (including phenoxy) is 2. The molecule has 6 nitrogen and oxygen atoms in total. The summed E-state index contributed by atoms with van der Waals surface area (Å²) in [6, 6.07) is 4.50. The normalized spacial score (nSPS) is 16.7. The van der Waals surface area contributed by atoms with E-state index in [2.05, 4.69) is 25.7 Å². The number of amides is 1. The first kappa shape index (κ1) is 24.0. The first-order valence-electron chi connectivity index (χ1n) is 11.0. The van der Waals surface area contributed by atoms with Gasteiger partial charge in [0.15, 0.2) is 0 Å². The van der Waals surface area contributed by atoms with Crippen LogP contribution in [0.3, 0.4) is 0 Å². The molecular weight excluding hydrogens is 425 g/mol. The molecule has 2 aromatic rings. The van der Waals surface area contributed by atoms with Crippen LogP contribution in [0.1, 0.15) is 41.6 Å². The summed E-state index contributed by atoms with van der Waals surface area (Å²) >= 11 is 0. The number of aromatic nitrogens is 1. The number of hydrogen-bond acceptors (Lipinski definition) is 4. The molecule has 1 aromatic carbocycles. The Bertz CT molecular complexity index is 1110. The van der Waals surface area contributed by atoms with E-state index < -0.39 is 26.1 Å². The molecular formula is C24H32FN3O3Si. The number of rotatable bonds is 7. The standard InChI is InChI=1S/C24H32FN3O3Si/c1-15-16(2)28(14-30-9-10-32(3,4)5)23-18(13-26)12-20(25)22(21(15)23)17-7-6-8-19(11-17)31-24(27)29/h11-12,19H,6-10,14H2,1-5H3,(H2,27,29). The molecule has 1 heterocycles. The quantitative estimate of drug-likeness (QED) is 0.432. The van der Waals surface area contributed by atoms with Crippen molar-refractivity contribution in [1.29, 1.82) is 5.26 Å². The largest absolute Gasteiger partial charge is 0.442 e. The second kappa shape index (κ2) is 9.47. The highest BCUT2D eigenvalue weighted by molar-refractivity contribution is 6.76. The van der Waals surface area contributed by atoms with Crippen LogP contribution in [0.4, 0.5) is 9.18 Å². The maximum absolute atomic E-state index is 15.3. The number of nitriles is 1. The van der Waals surface area contributed by atoms with Gasteiger partial charge in [0.1, 0.15) is 24.7 Å². The fourth-order valence-corrected chi connectivity index (χ4v) is 5.02. The number of carbonyl (C=O) groups is 1. The number of fused-ring (bicyclic) bond motifs is 1. The van der Waals surface area contributed by atoms with E-state index in [1.807, 2.05) is 18.4 Å². The molecule has 1 amide bonds. The Morgan fingerprint density at radius 2 is 2.09 bits per heavy atom. The summed E-state index contributed by atoms with van der Waals surface area (Å²) in [4.78, 5) is 11.2. The first-order valence-corrected chi connectivity index (χ1v) is 14.7. The molecule has 32 heavy (non-hydrogen) atoms. The van der Waals surface area contributed by atoms with Crippen LogP contribution in [-0.2, 0) is 16.2 Å². The molecule has 0 aliphatic heterocycles. The van der Waals surface area contributed by atoms with E-state index in [1.54, 1.807) is 6.08 Å². The molecule has 8 heteroatoms. The summed E-state index contributed by atoms with van der Waals surface area (Å²) in [5.74, 6) is -0.445. The lowest BCUT2D eigenvalue weighted by Gasteiger charge is -2.22. The number of benzene rings is 1. The number of halogens is 1. The van der Waals surface area contributed by atoms with E-state index in [1.165, 1.54) is 6.07 Å². The van der Waals surface area contributed by atoms with Gasteiger partial charge in [-0.2, -0.15) is 5.26 Å². The number of aryl methyl sites for hydroxylation is 1. The number of hydrogen-bond donors (Lipinski definition) is 1. The molecule has 0 saturated heterocycles. The molecule has 1 atom stereocenters. The van der Waals surface area contributed by atoms with Gasteiger partial charge < -0.3 is 19.8 Å². The maximum atomic E-state index is 15.3. The summed E-state index contributed by atoms with van der Waals surface area (Å²) in [6.07, 6.45) is 2.53. The fraction of sp³-hybridized carbons (Fsp3) is 0.500. The van der Waals surface area contributed by atoms with E-state index in [0.29, 0.717) is 37.3 Å². The lowest BCUT2D eigenvalue weighted by Crippen LogP contribution is -2.23. The van der Waals surface area contributed by atoms with E-state index in [0.717, 1.165) is 34.7 Å². The zero-order chi connectivity index (χ0) is 23.6. The highest BCUT2D eigenvalue weighted by Gasteiger charge is 2.26. The van der Waals surface area contributed by atoms with Crippen LogP contribution >= 0.6 is 0 Å². The summed E-state index contributed by atoms with van der Waals surface area (Å²) in [7, 11) is -1.22. The number of allylic oxidation sites excluding steroid dienone is 1. The van der Waals surface area contributed by atoms with Gasteiger partial charge in [-0.25, -0.2) is 9.18 Å². The van der Waals surface area contributed by atoms with Gasteiger partial charge in [-0.1, -0.05) is 19.6 Å². The molecule has 172 valence electrons. The average molecular weight is 458 g/mol. The molecule has 0 bridgehead atoms. The van der Waals surface area contributed by atoms with E-state index in [9.17, 15) is 10.1 Å². The Balaban J connectivity index is 2.10. The molecule has 1 unspecified atom stereocenters. The predicted octanol–water partition coefficient (Wildman–Crippen LogP) is 5.61. The Hall–Kier alpha value is -2.63. The minimum atomic E-state index is -1.22. The third-order valence-electron chi connectivity index (χ3n) is 6.09. The SMILES string of the molecule is Cc1c(C)n(COCC[Si](C)(C)C)c2c(C#N)cc(F)c(C3=CC(OC(N)=O)CCC3)c12. The van der Waals surface area contributed by atoms with Crippen molar-refractivity contribution in [1.82, 2.24) is 4.57 Å². The van der Waals surface area contributed by atoms with Gasteiger partial charge in [0.25, 0.3) is 0 Å². The highest BCUT2D eigenvalue weighted by atomic mass is 28.3. The van der Waals surface area contributed by atoms with Crippen LogP contribution in [-0.4, -0.2) is 31.4 Å². The summed E-state index contributed by atoms with van der Waals surface area (Å²) in [5, 5.41) is 10.5. The fourth-order valence-electron chi connectivity index (χ4n) is 4.27. The number of primary amides is 1. The van der Waals surface area contributed by atoms with Crippen LogP contribution < -0.4 is 5.73 Å². The van der Waals surface area contributed by atoms with Crippen LogP contribution in [0.5, 0.6) is 0 Å². The Morgan fingerprint density at radius 1 is 1.38 bits per heavy atom. The molecule has 3 rings (SSSR count). The second-order valence-corrected chi connectivity index (χ2v) is 15.3. The molecule has 0 fully saturated rings. The van der Waals surface area contributed by atoms with Crippen LogP contribution in [0.15, 0.2) is 12.1 Å². The second-order valence-electron chi connectivity index (χ2n) is 9.66. The van der Waals surface area contributed by atoms with Crippen molar-refractivity contribution in [3.63, 3.8) is 0 Å². The van der Waals surface area contributed by atoms with Crippen molar-refractivity contribution in [2.45, 2.75) is 71.6 Å². The smallest absolute Gasteiger partial charge is 0.405 e. The van der Waals surface area contributed by atoms with Crippen molar-refractivity contribution in [2.24, 2.45) is 5.73 Å². The highest BCUT2D eigenvalue weighted by Crippen LogP contribution is 2.39. The molecule has 0 spiro atoms. The number of nitrogens with zero attached hydrogens (tertiary/aromatic N) is 2. The minimum Gasteiger partial charge on any atom is -0.442 e. The zero-order valence-corrected chi connectivity index (χ0v) is 20.5. The third kappa shape index (κ3) is 5.05. The van der Waals surface area contributed by atoms with Gasteiger partial charge in [0, 0.05) is 31.3 Å². The topological polar surface area (TPSA) is 90.3 Å². The van der Waals surface area contributed by atoms with Gasteiger partial charge in [0.05, 0.1) is 11.1 Å². The minimum absolute atomic E-state index is 0.285. The molecule has 1 aliphatic carbocycles. The number of carbonyl (C=O) groups excluding carboxylic acids is 1. The molecule has 1 aromatic heterocycles. The van der Waals surface area contributed by atoms with Crippen LogP contribution in [0.2, 0.25) is 25.7 Å². The van der Waals surface area contributed by atoms with Gasteiger partial charge in [-0.3, -0.25) is 0 Å². The molecule has 1 aliphatic rings. The molecule has 2 N–H and O–H groups in total. The van der Waals surface area contributed by atoms with Gasteiger partial charge in [-0.15, -0.1) is 0 Å². The van der Waals surface area contributed by atoms with Crippen LogP contribution in [0.25, 0.3) is 16.5 Å². The Kier molecular flexibility index (Phi) is 7.11. The summed E-state index contributed by atoms with van der Waals surface area (Å²) in [5.41, 5.74) is 9.25. The van der Waals surface area contributed by atoms with Crippen molar-refractivity contribution < 1.29 is 18.7 Å². The predicted molar refractivity (Wildman–Crippen MR) is 126 cm³/mol. The average Bonchev–Trinajstić information content (AvgIpc) is 2.94. The Morgan fingerprint density at radius 3 is 2.72 bits per heavy atom. The maximum Gasteiger partial charge on any atom is 0.405 e.